The predicted octanol–water partition coefficient (Wildman–Crippen LogP) is 4.13. The third-order valence-corrected chi connectivity index (χ3v) is 5.33. The van der Waals surface area contributed by atoms with Crippen molar-refractivity contribution in [3.8, 4) is 5.75 Å². The molecular formula is C26H25N3O4. The summed E-state index contributed by atoms with van der Waals surface area (Å²) in [4.78, 5) is 35.8. The van der Waals surface area contributed by atoms with Crippen LogP contribution in [0.3, 0.4) is 0 Å². The fraction of sp³-hybridized carbons (Fsp3) is 0.231. The summed E-state index contributed by atoms with van der Waals surface area (Å²) in [6, 6.07) is 13.2. The number of Topliss-reactive ketones (excluding diaryl/α,β-unsaturated/α-hetero) is 1. The molecule has 33 heavy (non-hydrogen) atoms. The van der Waals surface area contributed by atoms with Crippen LogP contribution in [0.4, 0.5) is 0 Å². The molecule has 0 bridgehead atoms. The highest BCUT2D eigenvalue weighted by atomic mass is 16.5. The van der Waals surface area contributed by atoms with Crippen LogP contribution in [0.25, 0.3) is 5.76 Å². The number of carbonyl (C=O) groups is 2. The quantitative estimate of drug-likeness (QED) is 0.335. The van der Waals surface area contributed by atoms with Gasteiger partial charge in [0.05, 0.1) is 18.2 Å². The molecule has 1 saturated heterocycles. The van der Waals surface area contributed by atoms with Crippen LogP contribution in [0.2, 0.25) is 0 Å². The van der Waals surface area contributed by atoms with E-state index in [0.29, 0.717) is 29.4 Å². The summed E-state index contributed by atoms with van der Waals surface area (Å²) >= 11 is 0. The summed E-state index contributed by atoms with van der Waals surface area (Å²) in [5.74, 6) is -0.586. The van der Waals surface area contributed by atoms with Crippen LogP contribution in [0.5, 0.6) is 5.75 Å². The van der Waals surface area contributed by atoms with Crippen molar-refractivity contribution in [2.45, 2.75) is 26.4 Å². The van der Waals surface area contributed by atoms with Gasteiger partial charge in [-0.2, -0.15) is 0 Å². The number of ketones is 1. The van der Waals surface area contributed by atoms with Crippen molar-refractivity contribution in [1.82, 2.24) is 14.9 Å². The Kier molecular flexibility index (Phi) is 6.49. The first-order valence-electron chi connectivity index (χ1n) is 10.8. The minimum absolute atomic E-state index is 0.0349. The number of carbonyl (C=O) groups excluding carboxylic acids is 2. The summed E-state index contributed by atoms with van der Waals surface area (Å²) in [5, 5.41) is 11.1. The molecule has 0 unspecified atom stereocenters. The zero-order valence-corrected chi connectivity index (χ0v) is 18.5. The van der Waals surface area contributed by atoms with Gasteiger partial charge in [-0.3, -0.25) is 19.6 Å². The maximum atomic E-state index is 13.1. The second-order valence-electron chi connectivity index (χ2n) is 8.30. The molecule has 0 aliphatic carbocycles. The SMILES string of the molecule is CC(C)COc1ccc(C(O)=C2C(=O)C(=O)N(Cc3cccnc3)[C@@H]2c2cccnc2)cc1. The number of aromatic nitrogens is 2. The highest BCUT2D eigenvalue weighted by Gasteiger charge is 2.46. The number of hydrogen-bond donors (Lipinski definition) is 1. The van der Waals surface area contributed by atoms with Crippen molar-refractivity contribution in [3.63, 3.8) is 0 Å². The molecule has 2 aromatic heterocycles. The Morgan fingerprint density at radius 3 is 2.33 bits per heavy atom. The number of likely N-dealkylation sites (tertiary alicyclic amines) is 1. The highest BCUT2D eigenvalue weighted by Crippen LogP contribution is 2.40. The van der Waals surface area contributed by atoms with Crippen LogP contribution < -0.4 is 4.74 Å². The van der Waals surface area contributed by atoms with Gasteiger partial charge in [0, 0.05) is 36.9 Å². The second kappa shape index (κ2) is 9.65. The van der Waals surface area contributed by atoms with E-state index >= 15 is 0 Å². The number of benzene rings is 1. The minimum atomic E-state index is -0.768. The van der Waals surface area contributed by atoms with Gasteiger partial charge in [-0.1, -0.05) is 26.0 Å². The minimum Gasteiger partial charge on any atom is -0.507 e. The van der Waals surface area contributed by atoms with Crippen molar-refractivity contribution in [3.05, 3.63) is 95.6 Å². The third kappa shape index (κ3) is 4.77. The molecule has 1 N–H and O–H groups in total. The molecule has 3 aromatic rings. The fourth-order valence-corrected chi connectivity index (χ4v) is 3.74. The van der Waals surface area contributed by atoms with Crippen LogP contribution in [-0.4, -0.2) is 38.3 Å². The number of amides is 1. The topological polar surface area (TPSA) is 92.6 Å². The number of aliphatic hydroxyl groups is 1. The molecule has 1 amide bonds. The molecule has 0 spiro atoms. The predicted molar refractivity (Wildman–Crippen MR) is 123 cm³/mol. The molecule has 1 aromatic carbocycles. The Labute approximate surface area is 192 Å². The van der Waals surface area contributed by atoms with Crippen molar-refractivity contribution >= 4 is 17.4 Å². The lowest BCUT2D eigenvalue weighted by Crippen LogP contribution is -2.29. The van der Waals surface area contributed by atoms with Gasteiger partial charge in [-0.05, 0) is 53.4 Å². The van der Waals surface area contributed by atoms with E-state index in [1.165, 1.54) is 4.90 Å². The summed E-state index contributed by atoms with van der Waals surface area (Å²) < 4.78 is 5.70. The molecule has 0 radical (unpaired) electrons. The fourth-order valence-electron chi connectivity index (χ4n) is 3.74. The van der Waals surface area contributed by atoms with E-state index in [1.54, 1.807) is 67.3 Å². The molecule has 1 fully saturated rings. The van der Waals surface area contributed by atoms with Gasteiger partial charge in [0.15, 0.2) is 0 Å². The molecule has 7 nitrogen and oxygen atoms in total. The Bertz CT molecular complexity index is 1160. The molecule has 3 heterocycles. The summed E-state index contributed by atoms with van der Waals surface area (Å²) in [7, 11) is 0. The van der Waals surface area contributed by atoms with Gasteiger partial charge < -0.3 is 14.7 Å². The zero-order valence-electron chi connectivity index (χ0n) is 18.5. The second-order valence-corrected chi connectivity index (χ2v) is 8.30. The lowest BCUT2D eigenvalue weighted by atomic mass is 9.96. The van der Waals surface area contributed by atoms with Gasteiger partial charge in [-0.25, -0.2) is 0 Å². The smallest absolute Gasteiger partial charge is 0.295 e. The molecule has 7 heteroatoms. The monoisotopic (exact) mass is 443 g/mol. The maximum Gasteiger partial charge on any atom is 0.295 e. The molecule has 168 valence electrons. The Morgan fingerprint density at radius 2 is 1.73 bits per heavy atom. The van der Waals surface area contributed by atoms with Gasteiger partial charge >= 0.3 is 0 Å². The van der Waals surface area contributed by atoms with Gasteiger partial charge in [0.25, 0.3) is 11.7 Å². The van der Waals surface area contributed by atoms with Crippen LogP contribution in [0.1, 0.15) is 36.6 Å². The molecular weight excluding hydrogens is 418 g/mol. The van der Waals surface area contributed by atoms with E-state index in [4.69, 9.17) is 4.74 Å². The van der Waals surface area contributed by atoms with Gasteiger partial charge in [0.2, 0.25) is 0 Å². The molecule has 1 aliphatic heterocycles. The summed E-state index contributed by atoms with van der Waals surface area (Å²) in [6.45, 7) is 4.87. The third-order valence-electron chi connectivity index (χ3n) is 5.33. The van der Waals surface area contributed by atoms with Crippen LogP contribution in [0.15, 0.2) is 78.9 Å². The zero-order chi connectivity index (χ0) is 23.4. The van der Waals surface area contributed by atoms with E-state index in [1.807, 2.05) is 6.07 Å². The number of rotatable bonds is 7. The van der Waals surface area contributed by atoms with Crippen LogP contribution in [0, 0.1) is 5.92 Å². The van der Waals surface area contributed by atoms with E-state index in [0.717, 1.165) is 5.56 Å². The van der Waals surface area contributed by atoms with E-state index < -0.39 is 17.7 Å². The number of ether oxygens (including phenoxy) is 1. The average molecular weight is 444 g/mol. The Hall–Kier alpha value is -4.00. The van der Waals surface area contributed by atoms with Crippen molar-refractivity contribution in [2.75, 3.05) is 6.61 Å². The molecule has 1 aliphatic rings. The molecule has 4 rings (SSSR count). The van der Waals surface area contributed by atoms with E-state index in [2.05, 4.69) is 23.8 Å². The van der Waals surface area contributed by atoms with E-state index in [-0.39, 0.29) is 17.9 Å². The van der Waals surface area contributed by atoms with E-state index in [9.17, 15) is 14.7 Å². The first-order valence-corrected chi connectivity index (χ1v) is 10.8. The highest BCUT2D eigenvalue weighted by molar-refractivity contribution is 6.46. The molecule has 0 saturated carbocycles. The Morgan fingerprint density at radius 1 is 1.03 bits per heavy atom. The number of hydrogen-bond acceptors (Lipinski definition) is 6. The number of nitrogens with zero attached hydrogens (tertiary/aromatic N) is 3. The standard InChI is InChI=1S/C26H25N3O4/c1-17(2)16-33-21-9-7-19(8-10-21)24(30)22-23(20-6-4-12-28-14-20)29(26(32)25(22)31)15-18-5-3-11-27-13-18/h3-14,17,23,30H,15-16H2,1-2H3/t23-/m1/s1. The number of pyridine rings is 2. The normalized spacial score (nSPS) is 17.5. The summed E-state index contributed by atoms with van der Waals surface area (Å²) in [6.07, 6.45) is 6.51. The van der Waals surface area contributed by atoms with Crippen molar-refractivity contribution in [1.29, 1.82) is 0 Å². The Balaban J connectivity index is 1.74. The average Bonchev–Trinajstić information content (AvgIpc) is 3.09. The molecule has 1 atom stereocenters. The van der Waals surface area contributed by atoms with Crippen LogP contribution in [-0.2, 0) is 16.1 Å². The van der Waals surface area contributed by atoms with Gasteiger partial charge in [0.1, 0.15) is 11.5 Å². The largest absolute Gasteiger partial charge is 0.507 e. The number of aliphatic hydroxyl groups excluding tert-OH is 1. The van der Waals surface area contributed by atoms with Gasteiger partial charge in [-0.15, -0.1) is 0 Å². The van der Waals surface area contributed by atoms with Crippen molar-refractivity contribution in [2.24, 2.45) is 5.92 Å². The van der Waals surface area contributed by atoms with Crippen LogP contribution >= 0.6 is 0 Å². The van der Waals surface area contributed by atoms with Crippen molar-refractivity contribution < 1.29 is 19.4 Å². The first-order chi connectivity index (χ1) is 16.0. The lowest BCUT2D eigenvalue weighted by Gasteiger charge is -2.25. The maximum absolute atomic E-state index is 13.1. The summed E-state index contributed by atoms with van der Waals surface area (Å²) in [5.41, 5.74) is 1.88. The lowest BCUT2D eigenvalue weighted by molar-refractivity contribution is -0.140. The first kappa shape index (κ1) is 22.2.